The molecule has 2 aromatic rings. The summed E-state index contributed by atoms with van der Waals surface area (Å²) < 4.78 is 4.62. The molecule has 0 saturated carbocycles. The van der Waals surface area contributed by atoms with Crippen LogP contribution in [0.15, 0.2) is 36.4 Å². The van der Waals surface area contributed by atoms with Crippen LogP contribution in [0.1, 0.15) is 37.9 Å². The Bertz CT molecular complexity index is 651. The van der Waals surface area contributed by atoms with E-state index in [1.54, 1.807) is 24.3 Å². The summed E-state index contributed by atoms with van der Waals surface area (Å²) in [4.78, 5) is 24.4. The number of nitrogens with one attached hydrogen (secondary N) is 1. The third-order valence-electron chi connectivity index (χ3n) is 2.93. The summed E-state index contributed by atoms with van der Waals surface area (Å²) in [7, 11) is 1.31. The highest BCUT2D eigenvalue weighted by molar-refractivity contribution is 7.15. The Morgan fingerprint density at radius 2 is 1.76 bits per heavy atom. The van der Waals surface area contributed by atoms with Crippen molar-refractivity contribution < 1.29 is 14.3 Å². The molecule has 0 radical (unpaired) electrons. The molecule has 110 valence electrons. The molecule has 2 rings (SSSR count). The van der Waals surface area contributed by atoms with E-state index in [1.807, 2.05) is 19.1 Å². The van der Waals surface area contributed by atoms with E-state index < -0.39 is 5.97 Å². The van der Waals surface area contributed by atoms with Crippen LogP contribution in [0.3, 0.4) is 0 Å². The number of thiophene rings is 1. The summed E-state index contributed by atoms with van der Waals surface area (Å²) in [6.07, 6.45) is 0. The van der Waals surface area contributed by atoms with Crippen LogP contribution in [0.2, 0.25) is 5.02 Å². The quantitative estimate of drug-likeness (QED) is 0.873. The first-order valence-electron chi connectivity index (χ1n) is 6.25. The predicted molar refractivity (Wildman–Crippen MR) is 83.0 cm³/mol. The highest BCUT2D eigenvalue weighted by atomic mass is 35.5. The van der Waals surface area contributed by atoms with Gasteiger partial charge in [-0.25, -0.2) is 4.79 Å². The molecule has 0 aliphatic carbocycles. The van der Waals surface area contributed by atoms with Gasteiger partial charge in [0.05, 0.1) is 18.0 Å². The molecule has 0 aliphatic rings. The van der Waals surface area contributed by atoms with Gasteiger partial charge in [0, 0.05) is 5.02 Å². The van der Waals surface area contributed by atoms with Crippen molar-refractivity contribution in [3.05, 3.63) is 56.7 Å². The lowest BCUT2D eigenvalue weighted by Crippen LogP contribution is -2.25. The van der Waals surface area contributed by atoms with Crippen molar-refractivity contribution in [1.82, 2.24) is 5.32 Å². The number of esters is 1. The van der Waals surface area contributed by atoms with Gasteiger partial charge in [0.1, 0.15) is 4.88 Å². The normalized spacial score (nSPS) is 11.8. The molecule has 0 aliphatic heterocycles. The van der Waals surface area contributed by atoms with Crippen LogP contribution >= 0.6 is 22.9 Å². The molecule has 21 heavy (non-hydrogen) atoms. The highest BCUT2D eigenvalue weighted by Crippen LogP contribution is 2.20. The molecule has 1 atom stereocenters. The molecule has 4 nitrogen and oxygen atoms in total. The topological polar surface area (TPSA) is 55.4 Å². The van der Waals surface area contributed by atoms with Crippen LogP contribution in [0.4, 0.5) is 0 Å². The number of amides is 1. The standard InChI is InChI=1S/C15H14ClNO3S/c1-9(10-3-5-11(16)6-4-10)17-14(18)12-7-8-13(21-12)15(19)20-2/h3-9H,1-2H3,(H,17,18). The second-order valence-electron chi connectivity index (χ2n) is 4.40. The number of halogens is 1. The van der Waals surface area contributed by atoms with Crippen molar-refractivity contribution in [3.63, 3.8) is 0 Å². The third kappa shape index (κ3) is 3.83. The van der Waals surface area contributed by atoms with Crippen molar-refractivity contribution in [2.75, 3.05) is 7.11 Å². The zero-order valence-electron chi connectivity index (χ0n) is 11.6. The van der Waals surface area contributed by atoms with Crippen LogP contribution in [-0.4, -0.2) is 19.0 Å². The van der Waals surface area contributed by atoms with Crippen molar-refractivity contribution in [1.29, 1.82) is 0 Å². The molecule has 0 fully saturated rings. The molecule has 1 amide bonds. The molecule has 1 unspecified atom stereocenters. The van der Waals surface area contributed by atoms with E-state index in [4.69, 9.17) is 11.6 Å². The number of carbonyl (C=O) groups excluding carboxylic acids is 2. The zero-order valence-corrected chi connectivity index (χ0v) is 13.1. The minimum absolute atomic E-state index is 0.154. The SMILES string of the molecule is COC(=O)c1ccc(C(=O)NC(C)c2ccc(Cl)cc2)s1. The molecule has 1 aromatic carbocycles. The van der Waals surface area contributed by atoms with Gasteiger partial charge in [0.15, 0.2) is 0 Å². The Morgan fingerprint density at radius 1 is 1.14 bits per heavy atom. The van der Waals surface area contributed by atoms with E-state index in [0.717, 1.165) is 16.9 Å². The van der Waals surface area contributed by atoms with Gasteiger partial charge in [0.25, 0.3) is 5.91 Å². The number of methoxy groups -OCH3 is 1. The van der Waals surface area contributed by atoms with Crippen molar-refractivity contribution >= 4 is 34.8 Å². The molecule has 1 aromatic heterocycles. The second kappa shape index (κ2) is 6.74. The van der Waals surface area contributed by atoms with Crippen LogP contribution in [0, 0.1) is 0 Å². The first-order chi connectivity index (χ1) is 10.0. The van der Waals surface area contributed by atoms with Gasteiger partial charge in [-0.1, -0.05) is 23.7 Å². The van der Waals surface area contributed by atoms with Crippen LogP contribution in [-0.2, 0) is 4.74 Å². The molecule has 1 N–H and O–H groups in total. The van der Waals surface area contributed by atoms with Gasteiger partial charge in [0.2, 0.25) is 0 Å². The lowest BCUT2D eigenvalue weighted by Gasteiger charge is -2.13. The van der Waals surface area contributed by atoms with Gasteiger partial charge in [-0.2, -0.15) is 0 Å². The second-order valence-corrected chi connectivity index (χ2v) is 5.92. The van der Waals surface area contributed by atoms with Gasteiger partial charge in [-0.15, -0.1) is 11.3 Å². The molecule has 6 heteroatoms. The third-order valence-corrected chi connectivity index (χ3v) is 4.25. The van der Waals surface area contributed by atoms with E-state index in [-0.39, 0.29) is 11.9 Å². The number of hydrogen-bond donors (Lipinski definition) is 1. The summed E-state index contributed by atoms with van der Waals surface area (Å²) in [5.41, 5.74) is 0.956. The maximum absolute atomic E-state index is 12.1. The van der Waals surface area contributed by atoms with Crippen molar-refractivity contribution in [2.45, 2.75) is 13.0 Å². The van der Waals surface area contributed by atoms with Gasteiger partial charge >= 0.3 is 5.97 Å². The van der Waals surface area contributed by atoms with Crippen molar-refractivity contribution in [3.8, 4) is 0 Å². The number of rotatable bonds is 4. The highest BCUT2D eigenvalue weighted by Gasteiger charge is 2.16. The summed E-state index contributed by atoms with van der Waals surface area (Å²) in [6, 6.07) is 10.3. The van der Waals surface area contributed by atoms with E-state index in [9.17, 15) is 9.59 Å². The fraction of sp³-hybridized carbons (Fsp3) is 0.200. The maximum Gasteiger partial charge on any atom is 0.348 e. The zero-order chi connectivity index (χ0) is 15.4. The fourth-order valence-electron chi connectivity index (χ4n) is 1.77. The average Bonchev–Trinajstić information content (AvgIpc) is 2.97. The summed E-state index contributed by atoms with van der Waals surface area (Å²) in [5.74, 6) is -0.664. The Balaban J connectivity index is 2.05. The minimum Gasteiger partial charge on any atom is -0.465 e. The Morgan fingerprint density at radius 3 is 2.38 bits per heavy atom. The first-order valence-corrected chi connectivity index (χ1v) is 7.45. The largest absolute Gasteiger partial charge is 0.465 e. The summed E-state index contributed by atoms with van der Waals surface area (Å²) in [5, 5.41) is 3.53. The number of hydrogen-bond acceptors (Lipinski definition) is 4. The lowest BCUT2D eigenvalue weighted by molar-refractivity contribution is 0.0606. The Labute approximate surface area is 131 Å². The Kier molecular flexibility index (Phi) is 4.98. The molecular weight excluding hydrogens is 310 g/mol. The minimum atomic E-state index is -0.440. The number of ether oxygens (including phenoxy) is 1. The number of benzene rings is 1. The van der Waals surface area contributed by atoms with E-state index in [0.29, 0.717) is 14.8 Å². The summed E-state index contributed by atoms with van der Waals surface area (Å²) in [6.45, 7) is 1.88. The van der Waals surface area contributed by atoms with Crippen LogP contribution < -0.4 is 5.32 Å². The maximum atomic E-state index is 12.1. The van der Waals surface area contributed by atoms with Crippen LogP contribution in [0.25, 0.3) is 0 Å². The monoisotopic (exact) mass is 323 g/mol. The smallest absolute Gasteiger partial charge is 0.348 e. The summed E-state index contributed by atoms with van der Waals surface area (Å²) >= 11 is 6.94. The van der Waals surface area contributed by atoms with E-state index in [2.05, 4.69) is 10.1 Å². The number of carbonyl (C=O) groups is 2. The van der Waals surface area contributed by atoms with Crippen molar-refractivity contribution in [2.24, 2.45) is 0 Å². The molecule has 0 spiro atoms. The molecule has 0 saturated heterocycles. The predicted octanol–water partition coefficient (Wildman–Crippen LogP) is 3.68. The van der Waals surface area contributed by atoms with E-state index >= 15 is 0 Å². The fourth-order valence-corrected chi connectivity index (χ4v) is 2.73. The first kappa shape index (κ1) is 15.5. The molecule has 1 heterocycles. The van der Waals surface area contributed by atoms with Crippen LogP contribution in [0.5, 0.6) is 0 Å². The van der Waals surface area contributed by atoms with E-state index in [1.165, 1.54) is 7.11 Å². The molecular formula is C15H14ClNO3S. The molecule has 0 bridgehead atoms. The van der Waals surface area contributed by atoms with Gasteiger partial charge in [-0.3, -0.25) is 4.79 Å². The lowest BCUT2D eigenvalue weighted by atomic mass is 10.1. The average molecular weight is 324 g/mol. The Hall–Kier alpha value is -1.85. The van der Waals surface area contributed by atoms with Gasteiger partial charge in [-0.05, 0) is 36.8 Å². The van der Waals surface area contributed by atoms with Gasteiger partial charge < -0.3 is 10.1 Å².